The highest BCUT2D eigenvalue weighted by atomic mass is 16.5. The molecule has 2 aromatic carbocycles. The number of carbonyl (C=O) groups is 2. The van der Waals surface area contributed by atoms with Gasteiger partial charge in [-0.15, -0.1) is 5.10 Å². The first-order valence-corrected chi connectivity index (χ1v) is 10.9. The summed E-state index contributed by atoms with van der Waals surface area (Å²) in [7, 11) is 0. The van der Waals surface area contributed by atoms with Crippen molar-refractivity contribution in [3.63, 3.8) is 0 Å². The first kappa shape index (κ1) is 23.0. The van der Waals surface area contributed by atoms with E-state index in [1.807, 2.05) is 67.6 Å². The second-order valence-corrected chi connectivity index (χ2v) is 7.88. The van der Waals surface area contributed by atoms with Crippen molar-refractivity contribution in [3.8, 4) is 5.88 Å². The molecule has 0 bridgehead atoms. The molecule has 174 valence electrons. The third kappa shape index (κ3) is 5.40. The third-order valence-electron chi connectivity index (χ3n) is 5.55. The summed E-state index contributed by atoms with van der Waals surface area (Å²) in [5.41, 5.74) is 4.55. The van der Waals surface area contributed by atoms with Crippen LogP contribution in [0.25, 0.3) is 10.9 Å². The first-order valence-electron chi connectivity index (χ1n) is 10.9. The van der Waals surface area contributed by atoms with Crippen molar-refractivity contribution >= 4 is 22.8 Å². The lowest BCUT2D eigenvalue weighted by Crippen LogP contribution is -2.08. The summed E-state index contributed by atoms with van der Waals surface area (Å²) in [6, 6.07) is 19.8. The average molecular weight is 460 g/mol. The molecule has 4 aromatic rings. The molecule has 0 saturated heterocycles. The molecule has 0 radical (unpaired) electrons. The van der Waals surface area contributed by atoms with Gasteiger partial charge in [-0.25, -0.2) is 0 Å². The number of aromatic nitrogens is 3. The minimum absolute atomic E-state index is 0.00634. The summed E-state index contributed by atoms with van der Waals surface area (Å²) in [5.74, 6) is -1.21. The van der Waals surface area contributed by atoms with Gasteiger partial charge >= 0.3 is 11.9 Å². The fourth-order valence-electron chi connectivity index (χ4n) is 3.77. The molecule has 0 aliphatic carbocycles. The van der Waals surface area contributed by atoms with Gasteiger partial charge in [0.25, 0.3) is 5.88 Å². The summed E-state index contributed by atoms with van der Waals surface area (Å²) in [6.45, 7) is 2.87. The van der Waals surface area contributed by atoms with Crippen LogP contribution in [0, 0.1) is 6.92 Å². The number of fused-ring (bicyclic) bond motifs is 1. The molecule has 0 atom stereocenters. The lowest BCUT2D eigenvalue weighted by molar-refractivity contribution is -0.148. The lowest BCUT2D eigenvalue weighted by atomic mass is 10.2. The Morgan fingerprint density at radius 1 is 0.941 bits per heavy atom. The van der Waals surface area contributed by atoms with Gasteiger partial charge in [-0.05, 0) is 18.1 Å². The molecule has 4 rings (SSSR count). The minimum Gasteiger partial charge on any atom is -0.481 e. The topological polar surface area (TPSA) is 104 Å². The van der Waals surface area contributed by atoms with Crippen LogP contribution in [0.4, 0.5) is 0 Å². The van der Waals surface area contributed by atoms with Crippen molar-refractivity contribution in [2.75, 3.05) is 0 Å². The Morgan fingerprint density at radius 2 is 1.62 bits per heavy atom. The Kier molecular flexibility index (Phi) is 7.17. The highest BCUT2D eigenvalue weighted by Crippen LogP contribution is 2.32. The van der Waals surface area contributed by atoms with Crippen LogP contribution in [0.1, 0.15) is 35.2 Å². The van der Waals surface area contributed by atoms with E-state index in [1.165, 1.54) is 0 Å². The lowest BCUT2D eigenvalue weighted by Gasteiger charge is -2.12. The van der Waals surface area contributed by atoms with E-state index in [9.17, 15) is 9.59 Å². The van der Waals surface area contributed by atoms with Crippen LogP contribution in [0.5, 0.6) is 5.88 Å². The van der Waals surface area contributed by atoms with Crippen molar-refractivity contribution < 1.29 is 24.2 Å². The number of hydrogen-bond donors (Lipinski definition) is 1. The van der Waals surface area contributed by atoms with Gasteiger partial charge < -0.3 is 19.1 Å². The van der Waals surface area contributed by atoms with E-state index in [-0.39, 0.29) is 19.4 Å². The number of carboxylic acid groups (broad SMARTS) is 1. The highest BCUT2D eigenvalue weighted by Gasteiger charge is 2.21. The molecule has 0 spiro atoms. The molecular formula is C26H25N3O5. The number of rotatable bonds is 10. The second-order valence-electron chi connectivity index (χ2n) is 7.88. The molecule has 2 heterocycles. The van der Waals surface area contributed by atoms with Crippen LogP contribution in [0.2, 0.25) is 0 Å². The minimum atomic E-state index is -1.04. The Bertz CT molecular complexity index is 1290. The summed E-state index contributed by atoms with van der Waals surface area (Å²) in [5, 5.41) is 18.0. The summed E-state index contributed by atoms with van der Waals surface area (Å²) in [6.07, 6.45) is 1.19. The quantitative estimate of drug-likeness (QED) is 0.353. The standard InChI is InChI=1S/C26H25N3O5/c1-18-22(17-33-24(32)13-12-23(30)31)21-14-27-28-26(34-16-20-10-6-3-7-11-20)25(21)29(18)15-19-8-4-2-5-9-19/h2-11,14H,12-13,15-17H2,1H3,(H,30,31). The molecule has 0 amide bonds. The van der Waals surface area contributed by atoms with E-state index >= 15 is 0 Å². The maximum atomic E-state index is 12.0. The van der Waals surface area contributed by atoms with E-state index < -0.39 is 11.9 Å². The van der Waals surface area contributed by atoms with Gasteiger partial charge in [0, 0.05) is 23.2 Å². The summed E-state index contributed by atoms with van der Waals surface area (Å²) >= 11 is 0. The number of benzene rings is 2. The van der Waals surface area contributed by atoms with Gasteiger partial charge in [0.1, 0.15) is 18.7 Å². The Balaban J connectivity index is 1.68. The van der Waals surface area contributed by atoms with Crippen LogP contribution >= 0.6 is 0 Å². The molecule has 34 heavy (non-hydrogen) atoms. The van der Waals surface area contributed by atoms with E-state index in [2.05, 4.69) is 14.8 Å². The van der Waals surface area contributed by atoms with Gasteiger partial charge in [0.15, 0.2) is 0 Å². The Morgan fingerprint density at radius 3 is 2.29 bits per heavy atom. The highest BCUT2D eigenvalue weighted by molar-refractivity contribution is 5.88. The normalized spacial score (nSPS) is 10.9. The molecule has 2 aromatic heterocycles. The second kappa shape index (κ2) is 10.6. The fraction of sp³-hybridized carbons (Fsp3) is 0.231. The van der Waals surface area contributed by atoms with Crippen molar-refractivity contribution in [2.24, 2.45) is 0 Å². The van der Waals surface area contributed by atoms with Crippen molar-refractivity contribution in [1.82, 2.24) is 14.8 Å². The largest absolute Gasteiger partial charge is 0.481 e. The van der Waals surface area contributed by atoms with Crippen molar-refractivity contribution in [3.05, 3.63) is 89.2 Å². The molecule has 0 saturated carbocycles. The molecule has 8 nitrogen and oxygen atoms in total. The number of aliphatic carboxylic acids is 1. The molecule has 0 aliphatic rings. The fourth-order valence-corrected chi connectivity index (χ4v) is 3.77. The maximum absolute atomic E-state index is 12.0. The number of carbonyl (C=O) groups excluding carboxylic acids is 1. The van der Waals surface area contributed by atoms with E-state index in [4.69, 9.17) is 14.6 Å². The maximum Gasteiger partial charge on any atom is 0.306 e. The number of esters is 1. The predicted molar refractivity (Wildman–Crippen MR) is 125 cm³/mol. The summed E-state index contributed by atoms with van der Waals surface area (Å²) < 4.78 is 13.6. The van der Waals surface area contributed by atoms with Crippen LogP contribution in [-0.2, 0) is 34.1 Å². The number of nitrogens with zero attached hydrogens (tertiary/aromatic N) is 3. The van der Waals surface area contributed by atoms with E-state index in [0.717, 1.165) is 33.3 Å². The van der Waals surface area contributed by atoms with E-state index in [1.54, 1.807) is 6.20 Å². The molecule has 0 unspecified atom stereocenters. The van der Waals surface area contributed by atoms with Crippen LogP contribution in [0.15, 0.2) is 66.9 Å². The Hall–Kier alpha value is -4.20. The third-order valence-corrected chi connectivity index (χ3v) is 5.55. The van der Waals surface area contributed by atoms with Gasteiger partial charge in [0.2, 0.25) is 0 Å². The first-order chi connectivity index (χ1) is 16.5. The SMILES string of the molecule is Cc1c(COC(=O)CCC(=O)O)c2cnnc(OCc3ccccc3)c2n1Cc1ccccc1. The van der Waals surface area contributed by atoms with Gasteiger partial charge in [-0.3, -0.25) is 9.59 Å². The van der Waals surface area contributed by atoms with Crippen molar-refractivity contribution in [1.29, 1.82) is 0 Å². The molecule has 1 N–H and O–H groups in total. The monoisotopic (exact) mass is 459 g/mol. The zero-order valence-corrected chi connectivity index (χ0v) is 18.8. The molecular weight excluding hydrogens is 434 g/mol. The van der Waals surface area contributed by atoms with Crippen LogP contribution < -0.4 is 4.74 Å². The van der Waals surface area contributed by atoms with Crippen LogP contribution in [0.3, 0.4) is 0 Å². The number of ether oxygens (including phenoxy) is 2. The molecule has 8 heteroatoms. The molecule has 0 fully saturated rings. The van der Waals surface area contributed by atoms with Gasteiger partial charge in [-0.2, -0.15) is 5.10 Å². The van der Waals surface area contributed by atoms with Crippen molar-refractivity contribution in [2.45, 2.75) is 39.5 Å². The number of hydrogen-bond acceptors (Lipinski definition) is 6. The smallest absolute Gasteiger partial charge is 0.306 e. The zero-order valence-electron chi connectivity index (χ0n) is 18.8. The van der Waals surface area contributed by atoms with Gasteiger partial charge in [0.05, 0.1) is 19.0 Å². The van der Waals surface area contributed by atoms with Crippen LogP contribution in [-0.4, -0.2) is 31.8 Å². The van der Waals surface area contributed by atoms with Gasteiger partial charge in [-0.1, -0.05) is 60.7 Å². The zero-order chi connectivity index (χ0) is 23.9. The molecule has 0 aliphatic heterocycles. The summed E-state index contributed by atoms with van der Waals surface area (Å²) in [4.78, 5) is 22.8. The van der Waals surface area contributed by atoms with E-state index in [0.29, 0.717) is 19.0 Å². The average Bonchev–Trinajstić information content (AvgIpc) is 3.12. The predicted octanol–water partition coefficient (Wildman–Crippen LogP) is 4.28. The Labute approximate surface area is 196 Å². The number of carboxylic acids is 1.